The van der Waals surface area contributed by atoms with E-state index in [4.69, 9.17) is 5.84 Å². The molecule has 0 aromatic heterocycles. The van der Waals surface area contributed by atoms with Crippen LogP contribution in [0, 0.1) is 6.92 Å². The fourth-order valence-corrected chi connectivity index (χ4v) is 1.47. The van der Waals surface area contributed by atoms with E-state index in [1.54, 1.807) is 6.20 Å². The number of benzene rings is 1. The molecule has 0 radical (unpaired) electrons. The Balaban J connectivity index is 3.27. The summed E-state index contributed by atoms with van der Waals surface area (Å²) in [6, 6.07) is 8.17. The van der Waals surface area contributed by atoms with Crippen LogP contribution in [0.1, 0.15) is 31.9 Å². The molecule has 0 spiro atoms. The summed E-state index contributed by atoms with van der Waals surface area (Å²) in [6.45, 7) is 8.20. The summed E-state index contributed by atoms with van der Waals surface area (Å²) in [5.74, 6) is 5.28. The molecule has 0 fully saturated rings. The second-order valence-corrected chi connectivity index (χ2v) is 4.40. The zero-order valence-electron chi connectivity index (χ0n) is 11.5. The van der Waals surface area contributed by atoms with Gasteiger partial charge < -0.3 is 5.43 Å². The molecule has 0 unspecified atom stereocenters. The second-order valence-electron chi connectivity index (χ2n) is 4.40. The molecule has 0 heterocycles. The summed E-state index contributed by atoms with van der Waals surface area (Å²) in [7, 11) is 0. The maximum Gasteiger partial charge on any atom is 0.0722 e. The largest absolute Gasteiger partial charge is 0.331 e. The van der Waals surface area contributed by atoms with Gasteiger partial charge in [0.2, 0.25) is 0 Å². The summed E-state index contributed by atoms with van der Waals surface area (Å²) in [5, 5.41) is 0. The molecule has 3 heteroatoms. The first-order chi connectivity index (χ1) is 8.56. The normalized spacial score (nSPS) is 11.7. The molecule has 3 nitrogen and oxygen atoms in total. The van der Waals surface area contributed by atoms with Crippen LogP contribution >= 0.6 is 0 Å². The van der Waals surface area contributed by atoms with Crippen LogP contribution in [0.15, 0.2) is 52.8 Å². The summed E-state index contributed by atoms with van der Waals surface area (Å²) >= 11 is 0. The van der Waals surface area contributed by atoms with E-state index < -0.39 is 0 Å². The number of hydrogen-bond acceptors (Lipinski definition) is 3. The topological polar surface area (TPSA) is 50.4 Å². The minimum Gasteiger partial charge on any atom is -0.331 e. The Hall–Kier alpha value is -1.87. The molecule has 1 aromatic rings. The number of allylic oxidation sites excluding steroid dienone is 3. The van der Waals surface area contributed by atoms with Crippen molar-refractivity contribution < 1.29 is 0 Å². The van der Waals surface area contributed by atoms with E-state index >= 15 is 0 Å². The van der Waals surface area contributed by atoms with E-state index in [-0.39, 0.29) is 0 Å². The Morgan fingerprint density at radius 2 is 1.89 bits per heavy atom. The monoisotopic (exact) mass is 243 g/mol. The van der Waals surface area contributed by atoms with Gasteiger partial charge in [-0.15, -0.1) is 0 Å². The molecule has 0 saturated carbocycles. The summed E-state index contributed by atoms with van der Waals surface area (Å²) in [5.41, 5.74) is 7.96. The van der Waals surface area contributed by atoms with Crippen molar-refractivity contribution in [2.45, 2.75) is 27.7 Å². The Labute approximate surface area is 109 Å². The molecule has 1 rings (SSSR count). The number of rotatable bonds is 4. The number of hydrogen-bond donors (Lipinski definition) is 2. The van der Waals surface area contributed by atoms with Gasteiger partial charge in [-0.05, 0) is 39.3 Å². The van der Waals surface area contributed by atoms with Crippen LogP contribution in [0.3, 0.4) is 0 Å². The number of nitrogens with one attached hydrogen (secondary N) is 1. The van der Waals surface area contributed by atoms with Crippen LogP contribution in [-0.2, 0) is 0 Å². The minimum atomic E-state index is 0.907. The minimum absolute atomic E-state index is 0.907. The van der Waals surface area contributed by atoms with Crippen LogP contribution in [-0.4, -0.2) is 5.71 Å². The molecule has 0 aliphatic carbocycles. The van der Waals surface area contributed by atoms with Crippen molar-refractivity contribution in [2.75, 3.05) is 0 Å². The van der Waals surface area contributed by atoms with Gasteiger partial charge in [0.25, 0.3) is 0 Å². The van der Waals surface area contributed by atoms with Crippen molar-refractivity contribution in [3.63, 3.8) is 0 Å². The van der Waals surface area contributed by atoms with E-state index in [0.29, 0.717) is 0 Å². The van der Waals surface area contributed by atoms with Gasteiger partial charge in [0, 0.05) is 17.5 Å². The third kappa shape index (κ3) is 3.86. The zero-order valence-corrected chi connectivity index (χ0v) is 11.5. The van der Waals surface area contributed by atoms with Crippen molar-refractivity contribution in [1.29, 1.82) is 0 Å². The molecule has 96 valence electrons. The van der Waals surface area contributed by atoms with Gasteiger partial charge in [-0.1, -0.05) is 29.8 Å². The third-order valence-electron chi connectivity index (χ3n) is 2.77. The standard InChI is InChI=1S/C15H21N3/c1-11(2)13(4)18-15(9-10-17-16)14-8-6-5-7-12(14)3/h5-10,17H,16H2,1-4H3/b10-9-,18-15?. The van der Waals surface area contributed by atoms with Crippen LogP contribution < -0.4 is 11.3 Å². The maximum atomic E-state index is 5.28. The maximum absolute atomic E-state index is 5.28. The van der Waals surface area contributed by atoms with E-state index in [2.05, 4.69) is 43.3 Å². The van der Waals surface area contributed by atoms with Gasteiger partial charge in [-0.25, -0.2) is 0 Å². The highest BCUT2D eigenvalue weighted by Crippen LogP contribution is 2.13. The number of nitrogens with two attached hydrogens (primary N) is 1. The molecule has 0 aliphatic heterocycles. The molecule has 0 atom stereocenters. The van der Waals surface area contributed by atoms with Gasteiger partial charge in [0.1, 0.15) is 0 Å². The third-order valence-corrected chi connectivity index (χ3v) is 2.77. The first-order valence-electron chi connectivity index (χ1n) is 5.97. The lowest BCUT2D eigenvalue weighted by atomic mass is 10.0. The fraction of sp³-hybridized carbons (Fsp3) is 0.267. The lowest BCUT2D eigenvalue weighted by Gasteiger charge is -2.07. The summed E-state index contributed by atoms with van der Waals surface area (Å²) < 4.78 is 0. The molecule has 0 bridgehead atoms. The average Bonchev–Trinajstić information content (AvgIpc) is 2.35. The molecule has 0 aliphatic rings. The molecular weight excluding hydrogens is 222 g/mol. The highest BCUT2D eigenvalue weighted by atomic mass is 15.2. The predicted molar refractivity (Wildman–Crippen MR) is 78.2 cm³/mol. The van der Waals surface area contributed by atoms with Gasteiger partial charge in [0.15, 0.2) is 0 Å². The van der Waals surface area contributed by atoms with Gasteiger partial charge in [-0.2, -0.15) is 0 Å². The van der Waals surface area contributed by atoms with Crippen molar-refractivity contribution in [2.24, 2.45) is 10.8 Å². The number of nitrogens with zero attached hydrogens (tertiary/aromatic N) is 1. The molecule has 0 saturated heterocycles. The van der Waals surface area contributed by atoms with Crippen LogP contribution in [0.2, 0.25) is 0 Å². The number of aliphatic imine (C=N–C) groups is 1. The summed E-state index contributed by atoms with van der Waals surface area (Å²) in [6.07, 6.45) is 3.57. The molecule has 1 aromatic carbocycles. The van der Waals surface area contributed by atoms with Crippen molar-refractivity contribution in [3.8, 4) is 0 Å². The second kappa shape index (κ2) is 6.77. The molecule has 0 amide bonds. The first-order valence-corrected chi connectivity index (χ1v) is 5.97. The molecule has 18 heavy (non-hydrogen) atoms. The van der Waals surface area contributed by atoms with E-state index in [0.717, 1.165) is 17.0 Å². The smallest absolute Gasteiger partial charge is 0.0722 e. The fourth-order valence-electron chi connectivity index (χ4n) is 1.47. The average molecular weight is 243 g/mol. The summed E-state index contributed by atoms with van der Waals surface area (Å²) in [4.78, 5) is 4.66. The van der Waals surface area contributed by atoms with Gasteiger partial charge in [-0.3, -0.25) is 10.8 Å². The van der Waals surface area contributed by atoms with Crippen molar-refractivity contribution >= 4 is 5.71 Å². The first kappa shape index (κ1) is 14.2. The Morgan fingerprint density at radius 3 is 2.44 bits per heavy atom. The Morgan fingerprint density at radius 1 is 1.22 bits per heavy atom. The predicted octanol–water partition coefficient (Wildman–Crippen LogP) is 3.07. The van der Waals surface area contributed by atoms with E-state index in [1.165, 1.54) is 11.1 Å². The van der Waals surface area contributed by atoms with E-state index in [1.807, 2.05) is 25.1 Å². The lowest BCUT2D eigenvalue weighted by Crippen LogP contribution is -2.14. The molecule has 3 N–H and O–H groups in total. The van der Waals surface area contributed by atoms with Crippen LogP contribution in [0.4, 0.5) is 0 Å². The quantitative estimate of drug-likeness (QED) is 0.485. The Bertz CT molecular complexity index is 492. The molecular formula is C15H21N3. The van der Waals surface area contributed by atoms with Crippen molar-refractivity contribution in [3.05, 3.63) is 58.9 Å². The Kier molecular flexibility index (Phi) is 5.33. The number of aryl methyl sites for hydroxylation is 1. The van der Waals surface area contributed by atoms with Crippen molar-refractivity contribution in [1.82, 2.24) is 5.43 Å². The van der Waals surface area contributed by atoms with Crippen LogP contribution in [0.25, 0.3) is 0 Å². The zero-order chi connectivity index (χ0) is 13.5. The SMILES string of the molecule is CC(C)=C(C)N=C(/C=C\NN)c1ccccc1C. The lowest BCUT2D eigenvalue weighted by molar-refractivity contribution is 0.969. The highest BCUT2D eigenvalue weighted by molar-refractivity contribution is 6.10. The van der Waals surface area contributed by atoms with Gasteiger partial charge >= 0.3 is 0 Å². The number of hydrazine groups is 1. The van der Waals surface area contributed by atoms with Gasteiger partial charge in [0.05, 0.1) is 5.71 Å². The van der Waals surface area contributed by atoms with E-state index in [9.17, 15) is 0 Å². The highest BCUT2D eigenvalue weighted by Gasteiger charge is 2.03. The van der Waals surface area contributed by atoms with Crippen LogP contribution in [0.5, 0.6) is 0 Å².